The molecule has 52 heavy (non-hydrogen) atoms. The zero-order valence-corrected chi connectivity index (χ0v) is 32.1. The number of ether oxygens (including phenoxy) is 2. The molecule has 0 radical (unpaired) electrons. The van der Waals surface area contributed by atoms with E-state index < -0.39 is 11.9 Å². The Hall–Kier alpha value is -4.13. The smallest absolute Gasteiger partial charge is 0.325 e. The Balaban J connectivity index is 1.68. The van der Waals surface area contributed by atoms with Gasteiger partial charge < -0.3 is 19.3 Å². The molecule has 3 aromatic carbocycles. The Labute approximate surface area is 314 Å². The van der Waals surface area contributed by atoms with E-state index in [0.717, 1.165) is 49.9 Å². The van der Waals surface area contributed by atoms with Gasteiger partial charge in [0, 0.05) is 24.3 Å². The van der Waals surface area contributed by atoms with E-state index in [4.69, 9.17) is 9.47 Å². The fraction of sp³-hybridized carbons (Fsp3) is 0.533. The zero-order valence-electron chi connectivity index (χ0n) is 32.1. The monoisotopic (exact) mass is 712 g/mol. The summed E-state index contributed by atoms with van der Waals surface area (Å²) >= 11 is 0. The highest BCUT2D eigenvalue weighted by Crippen LogP contribution is 2.20. The summed E-state index contributed by atoms with van der Waals surface area (Å²) in [5.41, 5.74) is 2.91. The highest BCUT2D eigenvalue weighted by atomic mass is 16.5. The SMILES string of the molecule is CCCCCCCCCCN(CCCCCCCCCC)C(=O)c1cccc(N(CC(=O)OCc2ccccc2)CC(=O)OCc2ccccc2)c1. The summed E-state index contributed by atoms with van der Waals surface area (Å²) in [6.07, 6.45) is 19.5. The number of benzene rings is 3. The number of esters is 2. The molecule has 0 bridgehead atoms. The minimum atomic E-state index is -0.470. The van der Waals surface area contributed by atoms with Crippen molar-refractivity contribution in [2.45, 2.75) is 130 Å². The number of unbranched alkanes of at least 4 members (excludes halogenated alkanes) is 14. The van der Waals surface area contributed by atoms with Crippen molar-refractivity contribution in [1.29, 1.82) is 0 Å². The van der Waals surface area contributed by atoms with Gasteiger partial charge in [-0.2, -0.15) is 0 Å². The normalized spacial score (nSPS) is 10.9. The van der Waals surface area contributed by atoms with Crippen molar-refractivity contribution in [3.63, 3.8) is 0 Å². The fourth-order valence-corrected chi connectivity index (χ4v) is 6.32. The first-order chi connectivity index (χ1) is 25.5. The van der Waals surface area contributed by atoms with E-state index in [-0.39, 0.29) is 32.2 Å². The standard InChI is InChI=1S/C45H64N2O5/c1-3-5-7-9-11-13-15-23-32-46(33-24-16-14-12-10-8-6-4-2)45(50)41-30-25-31-42(34-41)47(35-43(48)51-37-39-26-19-17-20-27-39)36-44(49)52-38-40-28-21-18-22-29-40/h17-22,25-31,34H,3-16,23-24,32-33,35-38H2,1-2H3. The van der Waals surface area contributed by atoms with Crippen molar-refractivity contribution in [1.82, 2.24) is 4.90 Å². The lowest BCUT2D eigenvalue weighted by Gasteiger charge is -2.26. The van der Waals surface area contributed by atoms with Gasteiger partial charge in [-0.05, 0) is 42.2 Å². The third-order valence-electron chi connectivity index (χ3n) is 9.43. The molecule has 0 unspecified atom stereocenters. The highest BCUT2D eigenvalue weighted by molar-refractivity contribution is 5.95. The number of nitrogens with zero attached hydrogens (tertiary/aromatic N) is 2. The number of anilines is 1. The molecular formula is C45H64N2O5. The van der Waals surface area contributed by atoms with E-state index in [0.29, 0.717) is 11.3 Å². The Morgan fingerprint density at radius 3 is 1.37 bits per heavy atom. The van der Waals surface area contributed by atoms with Crippen LogP contribution in [0.3, 0.4) is 0 Å². The van der Waals surface area contributed by atoms with Crippen LogP contribution in [0.4, 0.5) is 5.69 Å². The molecule has 7 heteroatoms. The summed E-state index contributed by atoms with van der Waals surface area (Å²) in [6.45, 7) is 5.90. The summed E-state index contributed by atoms with van der Waals surface area (Å²) in [6, 6.07) is 26.3. The van der Waals surface area contributed by atoms with Crippen molar-refractivity contribution >= 4 is 23.5 Å². The molecule has 1 amide bonds. The van der Waals surface area contributed by atoms with Crippen LogP contribution in [-0.4, -0.2) is 48.9 Å². The molecule has 0 spiro atoms. The summed E-state index contributed by atoms with van der Waals surface area (Å²) in [7, 11) is 0. The lowest BCUT2D eigenvalue weighted by Crippen LogP contribution is -2.37. The molecule has 3 rings (SSSR count). The van der Waals surface area contributed by atoms with Gasteiger partial charge in [-0.1, -0.05) is 170 Å². The van der Waals surface area contributed by atoms with Gasteiger partial charge in [0.2, 0.25) is 0 Å². The Morgan fingerprint density at radius 1 is 0.500 bits per heavy atom. The Morgan fingerprint density at radius 2 is 0.923 bits per heavy atom. The van der Waals surface area contributed by atoms with Crippen LogP contribution in [0.1, 0.15) is 138 Å². The van der Waals surface area contributed by atoms with Crippen molar-refractivity contribution in [3.05, 3.63) is 102 Å². The Bertz CT molecular complexity index is 1320. The van der Waals surface area contributed by atoms with E-state index >= 15 is 0 Å². The van der Waals surface area contributed by atoms with Gasteiger partial charge in [0.15, 0.2) is 0 Å². The molecule has 0 aliphatic heterocycles. The minimum absolute atomic E-state index is 0.00833. The lowest BCUT2D eigenvalue weighted by molar-refractivity contribution is -0.144. The second-order valence-electron chi connectivity index (χ2n) is 13.9. The third kappa shape index (κ3) is 17.9. The average Bonchev–Trinajstić information content (AvgIpc) is 3.17. The van der Waals surface area contributed by atoms with Crippen LogP contribution in [0.5, 0.6) is 0 Å². The van der Waals surface area contributed by atoms with Gasteiger partial charge in [0.1, 0.15) is 26.3 Å². The molecule has 284 valence electrons. The van der Waals surface area contributed by atoms with Crippen LogP contribution in [0.2, 0.25) is 0 Å². The molecule has 0 heterocycles. The molecule has 0 saturated carbocycles. The van der Waals surface area contributed by atoms with E-state index in [9.17, 15) is 14.4 Å². The maximum Gasteiger partial charge on any atom is 0.325 e. The first-order valence-electron chi connectivity index (χ1n) is 20.0. The van der Waals surface area contributed by atoms with Gasteiger partial charge in [0.25, 0.3) is 5.91 Å². The van der Waals surface area contributed by atoms with Gasteiger partial charge >= 0.3 is 11.9 Å². The molecule has 0 saturated heterocycles. The quantitative estimate of drug-likeness (QED) is 0.0551. The minimum Gasteiger partial charge on any atom is -0.459 e. The van der Waals surface area contributed by atoms with E-state index in [1.807, 2.05) is 83.8 Å². The van der Waals surface area contributed by atoms with Crippen LogP contribution < -0.4 is 4.90 Å². The van der Waals surface area contributed by atoms with Crippen LogP contribution >= 0.6 is 0 Å². The largest absolute Gasteiger partial charge is 0.459 e. The third-order valence-corrected chi connectivity index (χ3v) is 9.43. The van der Waals surface area contributed by atoms with Gasteiger partial charge in [-0.15, -0.1) is 0 Å². The summed E-state index contributed by atoms with van der Waals surface area (Å²) in [5.74, 6) is -0.948. The van der Waals surface area contributed by atoms with Crippen LogP contribution in [0, 0.1) is 0 Å². The maximum absolute atomic E-state index is 14.1. The highest BCUT2D eigenvalue weighted by Gasteiger charge is 2.21. The van der Waals surface area contributed by atoms with Crippen molar-refractivity contribution in [3.8, 4) is 0 Å². The molecule has 0 fully saturated rings. The van der Waals surface area contributed by atoms with Crippen molar-refractivity contribution in [2.24, 2.45) is 0 Å². The number of amides is 1. The predicted molar refractivity (Wildman–Crippen MR) is 212 cm³/mol. The first kappa shape index (κ1) is 42.3. The molecule has 0 aliphatic carbocycles. The molecule has 0 atom stereocenters. The van der Waals surface area contributed by atoms with Crippen LogP contribution in [0.25, 0.3) is 0 Å². The molecule has 3 aromatic rings. The topological polar surface area (TPSA) is 76.2 Å². The summed E-state index contributed by atoms with van der Waals surface area (Å²) in [5, 5.41) is 0. The number of carbonyl (C=O) groups excluding carboxylic acids is 3. The van der Waals surface area contributed by atoms with E-state index in [1.54, 1.807) is 11.0 Å². The number of hydrogen-bond acceptors (Lipinski definition) is 6. The number of carbonyl (C=O) groups is 3. The fourth-order valence-electron chi connectivity index (χ4n) is 6.32. The number of rotatable bonds is 28. The van der Waals surface area contributed by atoms with E-state index in [1.165, 1.54) is 77.0 Å². The molecule has 7 nitrogen and oxygen atoms in total. The van der Waals surface area contributed by atoms with Crippen LogP contribution in [-0.2, 0) is 32.3 Å². The van der Waals surface area contributed by atoms with Crippen LogP contribution in [0.15, 0.2) is 84.9 Å². The van der Waals surface area contributed by atoms with Gasteiger partial charge in [0.05, 0.1) is 0 Å². The van der Waals surface area contributed by atoms with Crippen molar-refractivity contribution < 1.29 is 23.9 Å². The van der Waals surface area contributed by atoms with Gasteiger partial charge in [-0.3, -0.25) is 14.4 Å². The summed E-state index contributed by atoms with van der Waals surface area (Å²) < 4.78 is 11.2. The Kier molecular flexibility index (Phi) is 21.6. The molecule has 0 N–H and O–H groups in total. The molecule has 0 aromatic heterocycles. The maximum atomic E-state index is 14.1. The molecular weight excluding hydrogens is 649 g/mol. The molecule has 0 aliphatic rings. The van der Waals surface area contributed by atoms with E-state index in [2.05, 4.69) is 13.8 Å². The zero-order chi connectivity index (χ0) is 37.1. The first-order valence-corrected chi connectivity index (χ1v) is 20.0. The second-order valence-corrected chi connectivity index (χ2v) is 13.9. The second kappa shape index (κ2) is 26.6. The number of hydrogen-bond donors (Lipinski definition) is 0. The summed E-state index contributed by atoms with van der Waals surface area (Å²) in [4.78, 5) is 43.9. The lowest BCUT2D eigenvalue weighted by atomic mass is 10.1. The van der Waals surface area contributed by atoms with Crippen molar-refractivity contribution in [2.75, 3.05) is 31.1 Å². The predicted octanol–water partition coefficient (Wildman–Crippen LogP) is 10.7. The van der Waals surface area contributed by atoms with Gasteiger partial charge in [-0.25, -0.2) is 0 Å². The average molecular weight is 713 g/mol.